The third kappa shape index (κ3) is 16.9. The fourth-order valence-corrected chi connectivity index (χ4v) is 10.7. The van der Waals surface area contributed by atoms with Crippen molar-refractivity contribution in [2.24, 2.45) is 0 Å². The zero-order chi connectivity index (χ0) is 57.4. The predicted octanol–water partition coefficient (Wildman–Crippen LogP) is 14.3. The van der Waals surface area contributed by atoms with Gasteiger partial charge in [0, 0.05) is 6.42 Å². The first-order valence-corrected chi connectivity index (χ1v) is 29.0. The number of ether oxygens (including phenoxy) is 11. The first kappa shape index (κ1) is 59.6. The first-order valence-electron chi connectivity index (χ1n) is 29.0. The van der Waals surface area contributed by atoms with E-state index in [0.29, 0.717) is 24.7 Å². The molecule has 0 spiro atoms. The van der Waals surface area contributed by atoms with Gasteiger partial charge in [0.25, 0.3) is 0 Å². The fraction of sp³-hybridized carbons (Fsp3) is 0.288. The van der Waals surface area contributed by atoms with Crippen LogP contribution in [-0.2, 0) is 105 Å². The zero-order valence-corrected chi connectivity index (χ0v) is 47.8. The normalized spacial score (nSPS) is 22.8. The van der Waals surface area contributed by atoms with Crippen LogP contribution >= 0.6 is 0 Å². The predicted molar refractivity (Wildman–Crippen MR) is 323 cm³/mol. The van der Waals surface area contributed by atoms with Crippen LogP contribution in [0.1, 0.15) is 57.9 Å². The lowest BCUT2D eigenvalue weighted by atomic mass is 9.89. The van der Waals surface area contributed by atoms with Gasteiger partial charge in [-0.25, -0.2) is 0 Å². The summed E-state index contributed by atoms with van der Waals surface area (Å²) >= 11 is 0. The van der Waals surface area contributed by atoms with E-state index in [1.165, 1.54) is 0 Å². The fourth-order valence-electron chi connectivity index (χ4n) is 10.7. The average molecular weight is 1130 g/mol. The molecule has 2 fully saturated rings. The second kappa shape index (κ2) is 31.4. The lowest BCUT2D eigenvalue weighted by molar-refractivity contribution is -0.374. The van der Waals surface area contributed by atoms with Crippen LogP contribution in [0.5, 0.6) is 0 Å². The van der Waals surface area contributed by atoms with Crippen LogP contribution in [-0.4, -0.2) is 67.8 Å². The summed E-state index contributed by atoms with van der Waals surface area (Å²) in [5, 5.41) is 0. The third-order valence-electron chi connectivity index (χ3n) is 14.9. The molecule has 0 aromatic heterocycles. The van der Waals surface area contributed by atoms with Crippen molar-refractivity contribution in [3.8, 4) is 0 Å². The molecule has 9 atom stereocenters. The largest absolute Gasteiger partial charge is 0.483 e. The molecule has 10 rings (SSSR count). The van der Waals surface area contributed by atoms with Crippen LogP contribution in [0.4, 0.5) is 0 Å². The topological polar surface area (TPSA) is 102 Å². The van der Waals surface area contributed by atoms with Gasteiger partial charge in [-0.05, 0) is 51.4 Å². The van der Waals surface area contributed by atoms with Crippen molar-refractivity contribution in [3.63, 3.8) is 0 Å². The Kier molecular flexibility index (Phi) is 22.3. The molecule has 0 radical (unpaired) electrons. The molecule has 434 valence electrons. The minimum atomic E-state index is -1.66. The molecule has 0 unspecified atom stereocenters. The van der Waals surface area contributed by atoms with E-state index in [-0.39, 0.29) is 59.3 Å². The van der Waals surface area contributed by atoms with E-state index < -0.39 is 54.6 Å². The van der Waals surface area contributed by atoms with Gasteiger partial charge in [-0.2, -0.15) is 0 Å². The van der Waals surface area contributed by atoms with Gasteiger partial charge < -0.3 is 52.1 Å². The van der Waals surface area contributed by atoms with Crippen molar-refractivity contribution in [2.75, 3.05) is 13.2 Å². The SMILES string of the molecule is C=CC[C@]1(O/C(C)=C2\O[C@H](COCc3ccccc3)[C@@H](OCc3ccccc3)[C@H](OCc3ccccc3)[C@H]2OCc2ccccc2)O[C@H](COCc2ccccc2)[C@@H](OCc2ccccc2)[C@H](OCc2ccccc2)[C@H]1OCc1ccccc1. The molecule has 0 aliphatic carbocycles. The Balaban J connectivity index is 1.10. The molecule has 8 aromatic carbocycles. The number of hydrogen-bond acceptors (Lipinski definition) is 11. The minimum Gasteiger partial charge on any atom is -0.483 e. The van der Waals surface area contributed by atoms with Crippen LogP contribution in [0.25, 0.3) is 0 Å². The van der Waals surface area contributed by atoms with Crippen molar-refractivity contribution in [3.05, 3.63) is 311 Å². The summed E-state index contributed by atoms with van der Waals surface area (Å²) < 4.78 is 78.9. The Bertz CT molecular complexity index is 3160. The minimum absolute atomic E-state index is 0.110. The Morgan fingerprint density at radius 3 is 1.07 bits per heavy atom. The van der Waals surface area contributed by atoms with Crippen LogP contribution < -0.4 is 0 Å². The van der Waals surface area contributed by atoms with Crippen molar-refractivity contribution in [1.82, 2.24) is 0 Å². The molecule has 2 aliphatic heterocycles. The van der Waals surface area contributed by atoms with E-state index in [1.807, 2.05) is 250 Å². The lowest BCUT2D eigenvalue weighted by Gasteiger charge is -2.52. The van der Waals surface area contributed by atoms with Crippen molar-refractivity contribution in [1.29, 1.82) is 0 Å². The quantitative estimate of drug-likeness (QED) is 0.0318. The van der Waals surface area contributed by atoms with E-state index in [0.717, 1.165) is 44.5 Å². The molecular weight excluding hydrogens is 1050 g/mol. The molecule has 2 heterocycles. The molecule has 0 saturated carbocycles. The summed E-state index contributed by atoms with van der Waals surface area (Å²) in [5.74, 6) is -0.914. The summed E-state index contributed by atoms with van der Waals surface area (Å²) in [6, 6.07) is 80.7. The highest BCUT2D eigenvalue weighted by atomic mass is 16.7. The van der Waals surface area contributed by atoms with E-state index in [9.17, 15) is 0 Å². The average Bonchev–Trinajstić information content (AvgIpc) is 1.63. The number of rotatable bonds is 30. The highest BCUT2D eigenvalue weighted by molar-refractivity contribution is 5.23. The smallest absolute Gasteiger partial charge is 0.243 e. The van der Waals surface area contributed by atoms with Gasteiger partial charge in [-0.15, -0.1) is 6.58 Å². The second-order valence-electron chi connectivity index (χ2n) is 21.1. The standard InChI is InChI=1S/C73H76O11/c1-3-44-73(72(81-52-63-42-26-11-27-43-63)71(80-51-62-40-24-10-25-41-62)68(77-48-59-34-18-7-19-35-59)65(84-73)54-75-46-57-30-14-5-15-31-57)83-55(2)66-69(78-49-60-36-20-8-21-37-60)70(79-50-61-38-22-9-23-39-61)67(76-47-58-32-16-6-17-33-58)64(82-66)53-74-45-56-28-12-4-13-29-56/h3-43,64-65,67-72H,1,44-54H2,2H3/b66-55-/t64-,65-,67-,68-,69+,70+,71+,72-,73+/m1/s1. The molecule has 84 heavy (non-hydrogen) atoms. The van der Waals surface area contributed by atoms with Crippen LogP contribution in [0.2, 0.25) is 0 Å². The van der Waals surface area contributed by atoms with Gasteiger partial charge >= 0.3 is 0 Å². The van der Waals surface area contributed by atoms with Crippen molar-refractivity contribution < 1.29 is 52.1 Å². The maximum atomic E-state index is 7.66. The van der Waals surface area contributed by atoms with Gasteiger partial charge in [0.1, 0.15) is 42.4 Å². The second-order valence-corrected chi connectivity index (χ2v) is 21.1. The number of allylic oxidation sites excluding steroid dienone is 1. The zero-order valence-electron chi connectivity index (χ0n) is 47.8. The van der Waals surface area contributed by atoms with Crippen LogP contribution in [0.15, 0.2) is 267 Å². The number of benzene rings is 8. The Hall–Kier alpha value is -7.52. The molecule has 8 aromatic rings. The summed E-state index contributed by atoms with van der Waals surface area (Å²) in [4.78, 5) is 0. The number of hydrogen-bond donors (Lipinski definition) is 0. The van der Waals surface area contributed by atoms with Gasteiger partial charge in [0.05, 0.1) is 66.1 Å². The molecule has 0 bridgehead atoms. The maximum absolute atomic E-state index is 7.66. The van der Waals surface area contributed by atoms with Gasteiger partial charge in [0.15, 0.2) is 18.0 Å². The molecule has 11 nitrogen and oxygen atoms in total. The summed E-state index contributed by atoms with van der Waals surface area (Å²) in [7, 11) is 0. The highest BCUT2D eigenvalue weighted by Gasteiger charge is 2.59. The Morgan fingerprint density at radius 2 is 0.690 bits per heavy atom. The van der Waals surface area contributed by atoms with Crippen molar-refractivity contribution in [2.45, 2.75) is 121 Å². The van der Waals surface area contributed by atoms with E-state index >= 15 is 0 Å². The van der Waals surface area contributed by atoms with Gasteiger partial charge in [0.2, 0.25) is 5.79 Å². The van der Waals surface area contributed by atoms with Gasteiger partial charge in [-0.1, -0.05) is 249 Å². The molecular formula is C73H76O11. The lowest BCUT2D eigenvalue weighted by Crippen LogP contribution is -2.68. The summed E-state index contributed by atoms with van der Waals surface area (Å²) in [6.45, 7) is 8.56. The van der Waals surface area contributed by atoms with Crippen molar-refractivity contribution >= 4 is 0 Å². The Morgan fingerprint density at radius 1 is 0.381 bits per heavy atom. The highest BCUT2D eigenvalue weighted by Crippen LogP contribution is 2.44. The summed E-state index contributed by atoms with van der Waals surface area (Å²) in [6.07, 6.45) is -4.47. The first-order chi connectivity index (χ1) is 41.5. The maximum Gasteiger partial charge on any atom is 0.243 e. The molecule has 2 saturated heterocycles. The van der Waals surface area contributed by atoms with E-state index in [2.05, 4.69) is 6.58 Å². The van der Waals surface area contributed by atoms with E-state index in [1.54, 1.807) is 6.08 Å². The van der Waals surface area contributed by atoms with Crippen LogP contribution in [0, 0.1) is 0 Å². The molecule has 11 heteroatoms. The summed E-state index contributed by atoms with van der Waals surface area (Å²) in [5.41, 5.74) is 7.86. The molecule has 2 aliphatic rings. The molecule has 0 N–H and O–H groups in total. The van der Waals surface area contributed by atoms with Crippen LogP contribution in [0.3, 0.4) is 0 Å². The van der Waals surface area contributed by atoms with Gasteiger partial charge in [-0.3, -0.25) is 0 Å². The Labute approximate surface area is 495 Å². The monoisotopic (exact) mass is 1130 g/mol. The third-order valence-corrected chi connectivity index (χ3v) is 14.9. The molecule has 0 amide bonds. The van der Waals surface area contributed by atoms with E-state index in [4.69, 9.17) is 52.1 Å².